The van der Waals surface area contributed by atoms with Crippen LogP contribution in [0.1, 0.15) is 17.2 Å². The molecule has 1 unspecified atom stereocenters. The normalized spacial score (nSPS) is 12.7. The molecule has 2 N–H and O–H groups in total. The summed E-state index contributed by atoms with van der Waals surface area (Å²) in [6.45, 7) is 0. The topological polar surface area (TPSA) is 29.3 Å². The van der Waals surface area contributed by atoms with E-state index in [1.165, 1.54) is 6.07 Å². The maximum Gasteiger partial charge on any atom is 0.159 e. The van der Waals surface area contributed by atoms with Gasteiger partial charge in [0.05, 0.1) is 6.04 Å². The summed E-state index contributed by atoms with van der Waals surface area (Å²) in [4.78, 5) is 1.94. The number of benzene rings is 2. The maximum atomic E-state index is 13.4. The minimum Gasteiger partial charge on any atom is -0.399 e. The Labute approximate surface area is 111 Å². The molecule has 0 aromatic heterocycles. The van der Waals surface area contributed by atoms with E-state index in [1.807, 2.05) is 31.1 Å². The van der Waals surface area contributed by atoms with Crippen molar-refractivity contribution in [2.24, 2.45) is 0 Å². The van der Waals surface area contributed by atoms with E-state index in [0.29, 0.717) is 11.3 Å². The predicted octanol–water partition coefficient (Wildman–Crippen LogP) is 3.20. The molecular weight excluding hydrogens is 246 g/mol. The van der Waals surface area contributed by atoms with Gasteiger partial charge in [-0.2, -0.15) is 0 Å². The second kappa shape index (κ2) is 5.36. The third-order valence-corrected chi connectivity index (χ3v) is 3.03. The number of nitrogens with zero attached hydrogens (tertiary/aromatic N) is 1. The number of anilines is 1. The Bertz CT molecular complexity index is 565. The molecule has 0 saturated carbocycles. The quantitative estimate of drug-likeness (QED) is 0.861. The van der Waals surface area contributed by atoms with Gasteiger partial charge in [-0.05, 0) is 49.5 Å². The van der Waals surface area contributed by atoms with E-state index in [0.717, 1.165) is 11.6 Å². The molecule has 2 aromatic carbocycles. The zero-order valence-electron chi connectivity index (χ0n) is 10.9. The molecule has 0 spiro atoms. The lowest BCUT2D eigenvalue weighted by molar-refractivity contribution is 0.340. The number of halogens is 2. The van der Waals surface area contributed by atoms with Crippen LogP contribution in [-0.4, -0.2) is 19.0 Å². The standard InChI is InChI=1S/C15H16F2N2/c1-19(2)15(10-3-6-12(18)7-4-10)11-5-8-13(16)14(17)9-11/h3-9,15H,18H2,1-2H3. The van der Waals surface area contributed by atoms with Crippen LogP contribution < -0.4 is 5.73 Å². The van der Waals surface area contributed by atoms with E-state index in [2.05, 4.69) is 0 Å². The molecule has 0 saturated heterocycles. The molecule has 0 amide bonds. The van der Waals surface area contributed by atoms with Gasteiger partial charge in [0.25, 0.3) is 0 Å². The maximum absolute atomic E-state index is 13.4. The van der Waals surface area contributed by atoms with Gasteiger partial charge in [0.2, 0.25) is 0 Å². The summed E-state index contributed by atoms with van der Waals surface area (Å²) >= 11 is 0. The van der Waals surface area contributed by atoms with Crippen molar-refractivity contribution in [2.45, 2.75) is 6.04 Å². The molecule has 0 aliphatic rings. The van der Waals surface area contributed by atoms with Crippen LogP contribution in [0, 0.1) is 11.6 Å². The Morgan fingerprint density at radius 3 is 2.00 bits per heavy atom. The third kappa shape index (κ3) is 2.90. The van der Waals surface area contributed by atoms with Crippen molar-refractivity contribution in [3.63, 3.8) is 0 Å². The Balaban J connectivity index is 2.45. The third-order valence-electron chi connectivity index (χ3n) is 3.03. The van der Waals surface area contributed by atoms with Gasteiger partial charge in [-0.3, -0.25) is 4.90 Å². The lowest BCUT2D eigenvalue weighted by atomic mass is 9.97. The number of hydrogen-bond acceptors (Lipinski definition) is 2. The molecule has 2 rings (SSSR count). The number of nitrogens with two attached hydrogens (primary N) is 1. The van der Waals surface area contributed by atoms with Gasteiger partial charge in [0, 0.05) is 5.69 Å². The summed E-state index contributed by atoms with van der Waals surface area (Å²) < 4.78 is 26.4. The second-order valence-electron chi connectivity index (χ2n) is 4.71. The lowest BCUT2D eigenvalue weighted by Crippen LogP contribution is -2.21. The molecule has 0 radical (unpaired) electrons. The van der Waals surface area contributed by atoms with Crippen LogP contribution in [0.4, 0.5) is 14.5 Å². The van der Waals surface area contributed by atoms with E-state index in [1.54, 1.807) is 18.2 Å². The van der Waals surface area contributed by atoms with Crippen molar-refractivity contribution in [2.75, 3.05) is 19.8 Å². The molecule has 19 heavy (non-hydrogen) atoms. The molecule has 0 heterocycles. The second-order valence-corrected chi connectivity index (χ2v) is 4.71. The van der Waals surface area contributed by atoms with Crippen LogP contribution in [0.15, 0.2) is 42.5 Å². The van der Waals surface area contributed by atoms with Gasteiger partial charge in [-0.15, -0.1) is 0 Å². The molecule has 2 nitrogen and oxygen atoms in total. The van der Waals surface area contributed by atoms with E-state index in [4.69, 9.17) is 5.73 Å². The largest absolute Gasteiger partial charge is 0.399 e. The fourth-order valence-electron chi connectivity index (χ4n) is 2.15. The zero-order chi connectivity index (χ0) is 14.0. The number of nitrogen functional groups attached to an aromatic ring is 1. The first-order valence-electron chi connectivity index (χ1n) is 5.96. The van der Waals surface area contributed by atoms with Crippen LogP contribution in [-0.2, 0) is 0 Å². The molecule has 2 aromatic rings. The van der Waals surface area contributed by atoms with Crippen LogP contribution in [0.2, 0.25) is 0 Å². The van der Waals surface area contributed by atoms with Crippen molar-refractivity contribution in [3.8, 4) is 0 Å². The van der Waals surface area contributed by atoms with Gasteiger partial charge in [-0.1, -0.05) is 18.2 Å². The molecule has 100 valence electrons. The van der Waals surface area contributed by atoms with E-state index < -0.39 is 11.6 Å². The van der Waals surface area contributed by atoms with Crippen LogP contribution in [0.25, 0.3) is 0 Å². The first kappa shape index (κ1) is 13.5. The minimum absolute atomic E-state index is 0.143. The molecule has 0 aliphatic heterocycles. The molecule has 0 aliphatic carbocycles. The van der Waals surface area contributed by atoms with E-state index >= 15 is 0 Å². The number of hydrogen-bond donors (Lipinski definition) is 1. The highest BCUT2D eigenvalue weighted by molar-refractivity contribution is 5.42. The molecular formula is C15H16F2N2. The Hall–Kier alpha value is -1.94. The number of rotatable bonds is 3. The fourth-order valence-corrected chi connectivity index (χ4v) is 2.15. The van der Waals surface area contributed by atoms with Crippen LogP contribution in [0.3, 0.4) is 0 Å². The fraction of sp³-hybridized carbons (Fsp3) is 0.200. The van der Waals surface area contributed by atoms with Crippen molar-refractivity contribution < 1.29 is 8.78 Å². The zero-order valence-corrected chi connectivity index (χ0v) is 10.9. The first-order chi connectivity index (χ1) is 8.99. The Morgan fingerprint density at radius 2 is 1.47 bits per heavy atom. The SMILES string of the molecule is CN(C)C(c1ccc(N)cc1)c1ccc(F)c(F)c1. The Morgan fingerprint density at radius 1 is 0.895 bits per heavy atom. The van der Waals surface area contributed by atoms with Gasteiger partial charge >= 0.3 is 0 Å². The van der Waals surface area contributed by atoms with Gasteiger partial charge < -0.3 is 5.73 Å². The van der Waals surface area contributed by atoms with Crippen LogP contribution >= 0.6 is 0 Å². The van der Waals surface area contributed by atoms with Crippen molar-refractivity contribution in [1.29, 1.82) is 0 Å². The molecule has 1 atom stereocenters. The predicted molar refractivity (Wildman–Crippen MR) is 72.7 cm³/mol. The van der Waals surface area contributed by atoms with Gasteiger partial charge in [0.15, 0.2) is 11.6 Å². The Kier molecular flexibility index (Phi) is 3.81. The van der Waals surface area contributed by atoms with Crippen LogP contribution in [0.5, 0.6) is 0 Å². The smallest absolute Gasteiger partial charge is 0.159 e. The molecule has 0 bridgehead atoms. The highest BCUT2D eigenvalue weighted by Crippen LogP contribution is 2.28. The summed E-state index contributed by atoms with van der Waals surface area (Å²) in [5.74, 6) is -1.67. The van der Waals surface area contributed by atoms with Crippen molar-refractivity contribution in [1.82, 2.24) is 4.90 Å². The molecule has 0 fully saturated rings. The average molecular weight is 262 g/mol. The monoisotopic (exact) mass is 262 g/mol. The van der Waals surface area contributed by atoms with Gasteiger partial charge in [0.1, 0.15) is 0 Å². The highest BCUT2D eigenvalue weighted by Gasteiger charge is 2.18. The summed E-state index contributed by atoms with van der Waals surface area (Å²) in [6, 6.07) is 11.2. The minimum atomic E-state index is -0.835. The van der Waals surface area contributed by atoms with Crippen molar-refractivity contribution in [3.05, 3.63) is 65.2 Å². The first-order valence-corrected chi connectivity index (χ1v) is 5.96. The van der Waals surface area contributed by atoms with Gasteiger partial charge in [-0.25, -0.2) is 8.78 Å². The van der Waals surface area contributed by atoms with E-state index in [-0.39, 0.29) is 6.04 Å². The summed E-state index contributed by atoms with van der Waals surface area (Å²) in [5.41, 5.74) is 8.01. The summed E-state index contributed by atoms with van der Waals surface area (Å²) in [6.07, 6.45) is 0. The highest BCUT2D eigenvalue weighted by atomic mass is 19.2. The lowest BCUT2D eigenvalue weighted by Gasteiger charge is -2.25. The van der Waals surface area contributed by atoms with E-state index in [9.17, 15) is 8.78 Å². The molecule has 4 heteroatoms. The summed E-state index contributed by atoms with van der Waals surface area (Å²) in [7, 11) is 3.78. The average Bonchev–Trinajstić information content (AvgIpc) is 2.36. The van der Waals surface area contributed by atoms with Crippen molar-refractivity contribution >= 4 is 5.69 Å². The summed E-state index contributed by atoms with van der Waals surface area (Å²) in [5, 5.41) is 0.